The Morgan fingerprint density at radius 1 is 1.65 bits per heavy atom. The minimum Gasteiger partial charge on any atom is -0.395 e. The van der Waals surface area contributed by atoms with Crippen LogP contribution in [0.1, 0.15) is 25.5 Å². The van der Waals surface area contributed by atoms with Crippen LogP contribution in [0.15, 0.2) is 16.0 Å². The van der Waals surface area contributed by atoms with Crippen LogP contribution in [0, 0.1) is 6.92 Å². The van der Waals surface area contributed by atoms with E-state index < -0.39 is 0 Å². The second kappa shape index (κ2) is 6.78. The van der Waals surface area contributed by atoms with Gasteiger partial charge >= 0.3 is 0 Å². The molecule has 2 unspecified atom stereocenters. The van der Waals surface area contributed by atoms with Crippen LogP contribution in [0.2, 0.25) is 0 Å². The Balaban J connectivity index is 2.76. The topological polar surface area (TPSA) is 92.0 Å². The van der Waals surface area contributed by atoms with Crippen LogP contribution < -0.4 is 11.3 Å². The number of hydrogen-bond acceptors (Lipinski definition) is 5. The molecule has 6 heteroatoms. The summed E-state index contributed by atoms with van der Waals surface area (Å²) in [5, 5.41) is 9.68. The average molecular weight is 257 g/mol. The molecule has 96 valence electrons. The summed E-state index contributed by atoms with van der Waals surface area (Å²) in [6, 6.07) is 1.34. The first-order valence-electron chi connectivity index (χ1n) is 5.68. The second-order valence-corrected chi connectivity index (χ2v) is 5.21. The maximum atomic E-state index is 11.3. The van der Waals surface area contributed by atoms with Gasteiger partial charge in [0, 0.05) is 17.8 Å². The van der Waals surface area contributed by atoms with Crippen molar-refractivity contribution >= 4 is 11.8 Å². The number of thioether (sulfide) groups is 1. The summed E-state index contributed by atoms with van der Waals surface area (Å²) < 4.78 is 0. The lowest BCUT2D eigenvalue weighted by atomic mass is 10.1. The smallest absolute Gasteiger partial charge is 0.251 e. The minimum atomic E-state index is -0.180. The Kier molecular flexibility index (Phi) is 5.67. The number of nitrogens with zero attached hydrogens (tertiary/aromatic N) is 1. The number of hydrogen-bond donors (Lipinski definition) is 3. The Morgan fingerprint density at radius 2 is 2.35 bits per heavy atom. The molecular formula is C11H19N3O2S. The highest BCUT2D eigenvalue weighted by Gasteiger charge is 2.18. The first kappa shape index (κ1) is 14.2. The zero-order valence-electron chi connectivity index (χ0n) is 10.1. The highest BCUT2D eigenvalue weighted by Crippen LogP contribution is 2.22. The van der Waals surface area contributed by atoms with Gasteiger partial charge in [0.2, 0.25) is 0 Å². The Bertz CT molecular complexity index is 408. The number of aliphatic hydroxyl groups excluding tert-OH is 1. The highest BCUT2D eigenvalue weighted by molar-refractivity contribution is 7.99. The summed E-state index contributed by atoms with van der Waals surface area (Å²) in [6.07, 6.45) is 1.81. The minimum absolute atomic E-state index is 0.0243. The van der Waals surface area contributed by atoms with Crippen molar-refractivity contribution in [2.75, 3.05) is 6.61 Å². The first-order chi connectivity index (χ1) is 8.06. The number of rotatable bonds is 6. The second-order valence-electron chi connectivity index (χ2n) is 3.98. The SMILES string of the molecule is CCCC(N)C(CO)Sc1nc(C)cc(=O)[nH]1. The van der Waals surface area contributed by atoms with Gasteiger partial charge in [-0.15, -0.1) is 0 Å². The van der Waals surface area contributed by atoms with Gasteiger partial charge in [-0.1, -0.05) is 25.1 Å². The van der Waals surface area contributed by atoms with E-state index >= 15 is 0 Å². The van der Waals surface area contributed by atoms with Gasteiger partial charge in [0.05, 0.1) is 11.9 Å². The summed E-state index contributed by atoms with van der Waals surface area (Å²) in [7, 11) is 0. The van der Waals surface area contributed by atoms with Crippen LogP contribution in [-0.4, -0.2) is 33.0 Å². The number of nitrogens with two attached hydrogens (primary N) is 1. The molecule has 1 heterocycles. The molecule has 0 aliphatic heterocycles. The molecule has 0 spiro atoms. The van der Waals surface area contributed by atoms with Gasteiger partial charge in [0.25, 0.3) is 5.56 Å². The predicted octanol–water partition coefficient (Wildman–Crippen LogP) is 0.659. The van der Waals surface area contributed by atoms with Crippen LogP contribution in [0.4, 0.5) is 0 Å². The molecule has 1 aromatic rings. The maximum Gasteiger partial charge on any atom is 0.251 e. The highest BCUT2D eigenvalue weighted by atomic mass is 32.2. The van der Waals surface area contributed by atoms with Crippen molar-refractivity contribution < 1.29 is 5.11 Å². The summed E-state index contributed by atoms with van der Waals surface area (Å²) in [5.41, 5.74) is 6.45. The van der Waals surface area contributed by atoms with E-state index in [2.05, 4.69) is 9.97 Å². The van der Waals surface area contributed by atoms with Gasteiger partial charge in [-0.2, -0.15) is 0 Å². The van der Waals surface area contributed by atoms with E-state index in [1.807, 2.05) is 6.92 Å². The molecule has 0 amide bonds. The van der Waals surface area contributed by atoms with E-state index in [0.29, 0.717) is 10.9 Å². The van der Waals surface area contributed by atoms with E-state index in [4.69, 9.17) is 5.73 Å². The van der Waals surface area contributed by atoms with Gasteiger partial charge in [-0.3, -0.25) is 4.79 Å². The molecular weight excluding hydrogens is 238 g/mol. The molecule has 0 aliphatic carbocycles. The lowest BCUT2D eigenvalue weighted by molar-refractivity contribution is 0.279. The lowest BCUT2D eigenvalue weighted by Crippen LogP contribution is -2.35. The molecule has 1 rings (SSSR count). The zero-order chi connectivity index (χ0) is 12.8. The monoisotopic (exact) mass is 257 g/mol. The van der Waals surface area contributed by atoms with Crippen molar-refractivity contribution in [3.05, 3.63) is 22.1 Å². The molecule has 0 aliphatic rings. The first-order valence-corrected chi connectivity index (χ1v) is 6.55. The van der Waals surface area contributed by atoms with E-state index in [1.54, 1.807) is 6.92 Å². The van der Waals surface area contributed by atoms with E-state index in [1.165, 1.54) is 17.8 Å². The fourth-order valence-electron chi connectivity index (χ4n) is 1.53. The number of nitrogens with one attached hydrogen (secondary N) is 1. The lowest BCUT2D eigenvalue weighted by Gasteiger charge is -2.20. The maximum absolute atomic E-state index is 11.3. The number of aryl methyl sites for hydroxylation is 1. The predicted molar refractivity (Wildman–Crippen MR) is 69.2 cm³/mol. The van der Waals surface area contributed by atoms with E-state index in [-0.39, 0.29) is 23.5 Å². The third-order valence-corrected chi connectivity index (χ3v) is 3.61. The van der Waals surface area contributed by atoms with Crippen molar-refractivity contribution in [3.8, 4) is 0 Å². The molecule has 4 N–H and O–H groups in total. The molecule has 17 heavy (non-hydrogen) atoms. The normalized spacial score (nSPS) is 14.6. The van der Waals surface area contributed by atoms with E-state index in [0.717, 1.165) is 12.8 Å². The Hall–Kier alpha value is -0.850. The summed E-state index contributed by atoms with van der Waals surface area (Å²) in [4.78, 5) is 18.1. The summed E-state index contributed by atoms with van der Waals surface area (Å²) in [6.45, 7) is 3.79. The largest absolute Gasteiger partial charge is 0.395 e. The van der Waals surface area contributed by atoms with Crippen molar-refractivity contribution in [2.45, 2.75) is 43.1 Å². The number of aliphatic hydroxyl groups is 1. The van der Waals surface area contributed by atoms with Gasteiger partial charge in [0.15, 0.2) is 5.16 Å². The molecule has 2 atom stereocenters. The molecule has 0 fully saturated rings. The van der Waals surface area contributed by atoms with E-state index in [9.17, 15) is 9.90 Å². The molecule has 0 saturated heterocycles. The fraction of sp³-hybridized carbons (Fsp3) is 0.636. The Morgan fingerprint density at radius 3 is 2.88 bits per heavy atom. The van der Waals surface area contributed by atoms with Gasteiger partial charge in [-0.05, 0) is 13.3 Å². The van der Waals surface area contributed by atoms with Gasteiger partial charge in [0.1, 0.15) is 0 Å². The van der Waals surface area contributed by atoms with Crippen LogP contribution in [0.5, 0.6) is 0 Å². The quantitative estimate of drug-likeness (QED) is 0.514. The molecule has 0 saturated carbocycles. The number of H-pyrrole nitrogens is 1. The molecule has 5 nitrogen and oxygen atoms in total. The van der Waals surface area contributed by atoms with Gasteiger partial charge < -0.3 is 15.8 Å². The molecule has 0 radical (unpaired) electrons. The van der Waals surface area contributed by atoms with Crippen LogP contribution in [0.3, 0.4) is 0 Å². The molecule has 0 aromatic carbocycles. The molecule has 0 bridgehead atoms. The van der Waals surface area contributed by atoms with Gasteiger partial charge in [-0.25, -0.2) is 4.98 Å². The standard InChI is InChI=1S/C11H19N3O2S/c1-3-4-8(12)9(6-15)17-11-13-7(2)5-10(16)14-11/h5,8-9,15H,3-4,6,12H2,1-2H3,(H,13,14,16). The van der Waals surface area contributed by atoms with Crippen molar-refractivity contribution in [1.82, 2.24) is 9.97 Å². The van der Waals surface area contributed by atoms with Crippen molar-refractivity contribution in [3.63, 3.8) is 0 Å². The van der Waals surface area contributed by atoms with Crippen LogP contribution >= 0.6 is 11.8 Å². The third-order valence-electron chi connectivity index (χ3n) is 2.39. The number of aromatic amines is 1. The van der Waals surface area contributed by atoms with Crippen LogP contribution in [0.25, 0.3) is 0 Å². The van der Waals surface area contributed by atoms with Crippen LogP contribution in [-0.2, 0) is 0 Å². The van der Waals surface area contributed by atoms with Crippen molar-refractivity contribution in [2.24, 2.45) is 5.73 Å². The Labute approximate surface area is 105 Å². The third kappa shape index (κ3) is 4.49. The summed E-state index contributed by atoms with van der Waals surface area (Å²) >= 11 is 1.32. The van der Waals surface area contributed by atoms with Crippen molar-refractivity contribution in [1.29, 1.82) is 0 Å². The molecule has 1 aromatic heterocycles. The number of aromatic nitrogens is 2. The zero-order valence-corrected chi connectivity index (χ0v) is 11.0. The fourth-order valence-corrected chi connectivity index (χ4v) is 2.56. The summed E-state index contributed by atoms with van der Waals surface area (Å²) in [5.74, 6) is 0. The average Bonchev–Trinajstić information content (AvgIpc) is 2.24.